The number of carbonyl (C=O) groups is 1. The number of anilines is 1. The lowest BCUT2D eigenvalue weighted by atomic mass is 9.95. The summed E-state index contributed by atoms with van der Waals surface area (Å²) in [7, 11) is 0. The van der Waals surface area contributed by atoms with Gasteiger partial charge in [-0.25, -0.2) is 4.79 Å². The summed E-state index contributed by atoms with van der Waals surface area (Å²) in [6, 6.07) is 0.770. The quantitative estimate of drug-likeness (QED) is 0.839. The van der Waals surface area contributed by atoms with E-state index in [9.17, 15) is 4.79 Å². The van der Waals surface area contributed by atoms with Gasteiger partial charge in [0.2, 0.25) is 0 Å². The van der Waals surface area contributed by atoms with E-state index in [2.05, 4.69) is 16.6 Å². The molecule has 1 aromatic heterocycles. The number of nitrogens with zero attached hydrogens (tertiary/aromatic N) is 1. The lowest BCUT2D eigenvalue weighted by Crippen LogP contribution is -2.34. The normalized spacial score (nSPS) is 23.1. The molecule has 1 aliphatic rings. The molecule has 0 bridgehead atoms. The number of rotatable bonds is 5. The summed E-state index contributed by atoms with van der Waals surface area (Å²) in [4.78, 5) is 15.6. The van der Waals surface area contributed by atoms with Crippen molar-refractivity contribution in [2.45, 2.75) is 43.9 Å². The largest absolute Gasteiger partial charge is 0.461 e. The molecule has 5 nitrogen and oxygen atoms in total. The van der Waals surface area contributed by atoms with Crippen molar-refractivity contribution >= 4 is 23.7 Å². The lowest BCUT2D eigenvalue weighted by Gasteiger charge is -2.30. The minimum Gasteiger partial charge on any atom is -0.461 e. The molecule has 2 rings (SSSR count). The van der Waals surface area contributed by atoms with Crippen LogP contribution in [0.2, 0.25) is 0 Å². The maximum atomic E-state index is 11.5. The highest BCUT2D eigenvalue weighted by molar-refractivity contribution is 7.99. The Morgan fingerprint density at radius 1 is 1.58 bits per heavy atom. The van der Waals surface area contributed by atoms with Crippen LogP contribution in [0.15, 0.2) is 10.7 Å². The van der Waals surface area contributed by atoms with E-state index in [1.54, 1.807) is 6.92 Å². The Hall–Kier alpha value is -1.17. The van der Waals surface area contributed by atoms with Crippen LogP contribution in [-0.4, -0.2) is 35.1 Å². The molecule has 1 aromatic rings. The van der Waals surface area contributed by atoms with Gasteiger partial charge < -0.3 is 14.5 Å². The molecule has 1 fully saturated rings. The Morgan fingerprint density at radius 2 is 2.37 bits per heavy atom. The summed E-state index contributed by atoms with van der Waals surface area (Å²) < 4.78 is 10.2. The molecule has 1 aliphatic carbocycles. The molecule has 19 heavy (non-hydrogen) atoms. The van der Waals surface area contributed by atoms with E-state index in [0.717, 1.165) is 6.42 Å². The molecule has 0 aromatic carbocycles. The molecule has 2 atom stereocenters. The van der Waals surface area contributed by atoms with Crippen LogP contribution in [0.1, 0.15) is 43.1 Å². The third kappa shape index (κ3) is 3.65. The first-order valence-corrected chi connectivity index (χ1v) is 7.95. The molecule has 1 N–H and O–H groups in total. The Morgan fingerprint density at radius 3 is 3.11 bits per heavy atom. The lowest BCUT2D eigenvalue weighted by molar-refractivity contribution is 0.0519. The van der Waals surface area contributed by atoms with Crippen molar-refractivity contribution in [3.63, 3.8) is 0 Å². The number of carbonyl (C=O) groups excluding carboxylic acids is 1. The Kier molecular flexibility index (Phi) is 5.13. The highest BCUT2D eigenvalue weighted by Crippen LogP contribution is 2.29. The molecular weight excluding hydrogens is 264 g/mol. The van der Waals surface area contributed by atoms with Crippen LogP contribution in [0.5, 0.6) is 0 Å². The highest BCUT2D eigenvalue weighted by Gasteiger charge is 2.25. The molecule has 2 unspecified atom stereocenters. The fourth-order valence-electron chi connectivity index (χ4n) is 2.34. The van der Waals surface area contributed by atoms with Gasteiger partial charge in [-0.1, -0.05) is 12.8 Å². The fourth-order valence-corrected chi connectivity index (χ4v) is 3.28. The van der Waals surface area contributed by atoms with Gasteiger partial charge in [-0.2, -0.15) is 16.7 Å². The van der Waals surface area contributed by atoms with Crippen molar-refractivity contribution in [2.24, 2.45) is 0 Å². The first-order chi connectivity index (χ1) is 9.24. The molecule has 6 heteroatoms. The third-order valence-electron chi connectivity index (χ3n) is 3.30. The standard InChI is InChI=1S/C13H20N2O3S/c1-3-17-12(16)10-8-18-13(15-10)14-9-6-4-5-7-11(9)19-2/h8-9,11H,3-7H2,1-2H3,(H,14,15). The number of nitrogens with one attached hydrogen (secondary N) is 1. The van der Waals surface area contributed by atoms with Gasteiger partial charge in [-0.15, -0.1) is 0 Å². The zero-order chi connectivity index (χ0) is 13.7. The van der Waals surface area contributed by atoms with E-state index in [1.165, 1.54) is 25.5 Å². The minimum atomic E-state index is -0.440. The highest BCUT2D eigenvalue weighted by atomic mass is 32.2. The van der Waals surface area contributed by atoms with Gasteiger partial charge in [0, 0.05) is 11.3 Å². The summed E-state index contributed by atoms with van der Waals surface area (Å²) in [5.41, 5.74) is 0.223. The summed E-state index contributed by atoms with van der Waals surface area (Å²) in [5.74, 6) is -0.440. The van der Waals surface area contributed by atoms with Crippen molar-refractivity contribution in [3.05, 3.63) is 12.0 Å². The summed E-state index contributed by atoms with van der Waals surface area (Å²) in [6.45, 7) is 2.11. The van der Waals surface area contributed by atoms with Gasteiger partial charge in [0.15, 0.2) is 5.69 Å². The van der Waals surface area contributed by atoms with Crippen LogP contribution in [0.3, 0.4) is 0 Å². The van der Waals surface area contributed by atoms with Crippen LogP contribution >= 0.6 is 11.8 Å². The van der Waals surface area contributed by atoms with Crippen molar-refractivity contribution < 1.29 is 13.9 Å². The van der Waals surface area contributed by atoms with E-state index in [-0.39, 0.29) is 5.69 Å². The molecule has 106 valence electrons. The molecule has 1 saturated carbocycles. The van der Waals surface area contributed by atoms with E-state index < -0.39 is 5.97 Å². The van der Waals surface area contributed by atoms with Crippen LogP contribution in [0.25, 0.3) is 0 Å². The number of oxazole rings is 1. The topological polar surface area (TPSA) is 64.4 Å². The van der Waals surface area contributed by atoms with Crippen LogP contribution in [0, 0.1) is 0 Å². The van der Waals surface area contributed by atoms with E-state index in [1.807, 2.05) is 11.8 Å². The second-order valence-electron chi connectivity index (χ2n) is 4.57. The van der Waals surface area contributed by atoms with Crippen LogP contribution < -0.4 is 5.32 Å². The number of ether oxygens (including phenoxy) is 1. The molecule has 0 radical (unpaired) electrons. The van der Waals surface area contributed by atoms with Gasteiger partial charge in [-0.05, 0) is 26.0 Å². The van der Waals surface area contributed by atoms with E-state index >= 15 is 0 Å². The Bertz CT molecular complexity index is 422. The second-order valence-corrected chi connectivity index (χ2v) is 5.64. The molecule has 0 saturated heterocycles. The molecule has 0 aliphatic heterocycles. The zero-order valence-electron chi connectivity index (χ0n) is 11.3. The van der Waals surface area contributed by atoms with Crippen molar-refractivity contribution in [2.75, 3.05) is 18.2 Å². The van der Waals surface area contributed by atoms with Crippen molar-refractivity contribution in [3.8, 4) is 0 Å². The smallest absolute Gasteiger partial charge is 0.360 e. The van der Waals surface area contributed by atoms with Crippen LogP contribution in [0.4, 0.5) is 6.01 Å². The van der Waals surface area contributed by atoms with E-state index in [0.29, 0.717) is 23.9 Å². The number of thioether (sulfide) groups is 1. The average Bonchev–Trinajstić information content (AvgIpc) is 2.88. The third-order valence-corrected chi connectivity index (χ3v) is 4.47. The first-order valence-electron chi connectivity index (χ1n) is 6.66. The summed E-state index contributed by atoms with van der Waals surface area (Å²) in [5, 5.41) is 3.87. The number of hydrogen-bond donors (Lipinski definition) is 1. The van der Waals surface area contributed by atoms with Gasteiger partial charge in [0.05, 0.1) is 6.61 Å². The molecular formula is C13H20N2O3S. The van der Waals surface area contributed by atoms with Gasteiger partial charge in [0.25, 0.3) is 6.01 Å². The van der Waals surface area contributed by atoms with Gasteiger partial charge in [0.1, 0.15) is 6.26 Å². The maximum Gasteiger partial charge on any atom is 0.360 e. The zero-order valence-corrected chi connectivity index (χ0v) is 12.2. The molecule has 1 heterocycles. The van der Waals surface area contributed by atoms with Gasteiger partial charge in [-0.3, -0.25) is 0 Å². The molecule has 0 amide bonds. The summed E-state index contributed by atoms with van der Waals surface area (Å²) >= 11 is 1.87. The number of hydrogen-bond acceptors (Lipinski definition) is 6. The minimum absolute atomic E-state index is 0.223. The van der Waals surface area contributed by atoms with E-state index in [4.69, 9.17) is 9.15 Å². The second kappa shape index (κ2) is 6.84. The Balaban J connectivity index is 1.97. The monoisotopic (exact) mass is 284 g/mol. The van der Waals surface area contributed by atoms with Gasteiger partial charge >= 0.3 is 5.97 Å². The SMILES string of the molecule is CCOC(=O)c1coc(NC2CCCCC2SC)n1. The first kappa shape index (κ1) is 14.2. The van der Waals surface area contributed by atoms with Crippen molar-refractivity contribution in [1.29, 1.82) is 0 Å². The number of aromatic nitrogens is 1. The maximum absolute atomic E-state index is 11.5. The molecule has 0 spiro atoms. The van der Waals surface area contributed by atoms with Crippen LogP contribution in [-0.2, 0) is 4.74 Å². The fraction of sp³-hybridized carbons (Fsp3) is 0.692. The predicted molar refractivity (Wildman–Crippen MR) is 75.6 cm³/mol. The number of esters is 1. The average molecular weight is 284 g/mol. The van der Waals surface area contributed by atoms with Crippen molar-refractivity contribution in [1.82, 2.24) is 4.98 Å². The predicted octanol–water partition coefficient (Wildman–Crippen LogP) is 2.94. The summed E-state index contributed by atoms with van der Waals surface area (Å²) in [6.07, 6.45) is 8.30. The Labute approximate surface area is 117 Å².